The van der Waals surface area contributed by atoms with Crippen molar-refractivity contribution in [3.8, 4) is 0 Å². The van der Waals surface area contributed by atoms with E-state index in [0.29, 0.717) is 13.1 Å². The van der Waals surface area contributed by atoms with Gasteiger partial charge in [-0.25, -0.2) is 13.4 Å². The molecule has 1 aliphatic rings. The van der Waals surface area contributed by atoms with Crippen LogP contribution in [-0.4, -0.2) is 37.5 Å². The van der Waals surface area contributed by atoms with Gasteiger partial charge in [0, 0.05) is 24.0 Å². The van der Waals surface area contributed by atoms with Crippen LogP contribution in [0, 0.1) is 0 Å². The number of anilines is 1. The van der Waals surface area contributed by atoms with Crippen LogP contribution in [0.1, 0.15) is 24.4 Å². The highest BCUT2D eigenvalue weighted by molar-refractivity contribution is 7.91. The van der Waals surface area contributed by atoms with E-state index in [1.807, 2.05) is 6.92 Å². The fourth-order valence-corrected chi connectivity index (χ4v) is 4.92. The number of rotatable bonds is 3. The molecule has 1 unspecified atom stereocenters. The smallest absolute Gasteiger partial charge is 0.186 e. The molecular formula is C11H19N3O2S2. The van der Waals surface area contributed by atoms with Crippen LogP contribution in [0.5, 0.6) is 0 Å². The van der Waals surface area contributed by atoms with Crippen molar-refractivity contribution in [2.45, 2.75) is 32.9 Å². The Morgan fingerprint density at radius 1 is 1.56 bits per heavy atom. The molecular weight excluding hydrogens is 270 g/mol. The van der Waals surface area contributed by atoms with Gasteiger partial charge in [0.15, 0.2) is 15.0 Å². The van der Waals surface area contributed by atoms with E-state index in [9.17, 15) is 8.42 Å². The highest BCUT2D eigenvalue weighted by Crippen LogP contribution is 2.29. The lowest BCUT2D eigenvalue weighted by atomic mass is 10.3. The summed E-state index contributed by atoms with van der Waals surface area (Å²) in [6, 6.07) is -0.00905. The first-order valence-corrected chi connectivity index (χ1v) is 8.76. The predicted molar refractivity (Wildman–Crippen MR) is 74.8 cm³/mol. The number of hydrogen-bond donors (Lipinski definition) is 1. The summed E-state index contributed by atoms with van der Waals surface area (Å²) in [5.74, 6) is 0.433. The monoisotopic (exact) mass is 289 g/mol. The number of hydrogen-bond acceptors (Lipinski definition) is 6. The summed E-state index contributed by atoms with van der Waals surface area (Å²) in [5, 5.41) is 0.912. The van der Waals surface area contributed by atoms with E-state index in [1.165, 1.54) is 0 Å². The van der Waals surface area contributed by atoms with Crippen molar-refractivity contribution < 1.29 is 8.42 Å². The van der Waals surface area contributed by atoms with Gasteiger partial charge in [0.1, 0.15) is 0 Å². The molecule has 1 atom stereocenters. The second kappa shape index (κ2) is 5.14. The second-order valence-electron chi connectivity index (χ2n) is 4.58. The Labute approximate surface area is 112 Å². The first-order chi connectivity index (χ1) is 8.46. The van der Waals surface area contributed by atoms with E-state index in [-0.39, 0.29) is 17.5 Å². The minimum atomic E-state index is -2.88. The maximum atomic E-state index is 11.6. The number of thiazole rings is 1. The van der Waals surface area contributed by atoms with Crippen LogP contribution < -0.4 is 10.6 Å². The van der Waals surface area contributed by atoms with E-state index >= 15 is 0 Å². The SMILES string of the molecule is CCc1nc(N2CCS(=O)(=O)CC2C)sc1CN. The molecule has 0 aliphatic carbocycles. The molecule has 1 fully saturated rings. The summed E-state index contributed by atoms with van der Waals surface area (Å²) >= 11 is 1.59. The molecule has 102 valence electrons. The molecule has 1 aromatic heterocycles. The van der Waals surface area contributed by atoms with Crippen LogP contribution in [0.4, 0.5) is 5.13 Å². The second-order valence-corrected chi connectivity index (χ2v) is 7.87. The Bertz CT molecular complexity index is 503. The van der Waals surface area contributed by atoms with Gasteiger partial charge in [-0.2, -0.15) is 0 Å². The van der Waals surface area contributed by atoms with Crippen LogP contribution in [0.25, 0.3) is 0 Å². The van der Waals surface area contributed by atoms with Gasteiger partial charge in [0.05, 0.1) is 17.2 Å². The largest absolute Gasteiger partial charge is 0.343 e. The van der Waals surface area contributed by atoms with E-state index in [4.69, 9.17) is 5.73 Å². The van der Waals surface area contributed by atoms with Crippen LogP contribution in [-0.2, 0) is 22.8 Å². The van der Waals surface area contributed by atoms with Crippen LogP contribution in [0.2, 0.25) is 0 Å². The van der Waals surface area contributed by atoms with Crippen molar-refractivity contribution in [3.63, 3.8) is 0 Å². The molecule has 1 aliphatic heterocycles. The summed E-state index contributed by atoms with van der Waals surface area (Å²) in [5.41, 5.74) is 6.74. The van der Waals surface area contributed by atoms with Crippen LogP contribution in [0.15, 0.2) is 0 Å². The summed E-state index contributed by atoms with van der Waals surface area (Å²) in [6.45, 7) is 5.03. The third-order valence-electron chi connectivity index (χ3n) is 3.20. The predicted octanol–water partition coefficient (Wildman–Crippen LogP) is 0.788. The number of nitrogens with zero attached hydrogens (tertiary/aromatic N) is 2. The normalized spacial score (nSPS) is 23.3. The Hall–Kier alpha value is -0.660. The topological polar surface area (TPSA) is 76.3 Å². The molecule has 0 spiro atoms. The maximum Gasteiger partial charge on any atom is 0.186 e. The third-order valence-corrected chi connectivity index (χ3v) is 6.16. The Balaban J connectivity index is 2.24. The van der Waals surface area contributed by atoms with Gasteiger partial charge >= 0.3 is 0 Å². The van der Waals surface area contributed by atoms with Crippen molar-refractivity contribution in [3.05, 3.63) is 10.6 Å². The highest BCUT2D eigenvalue weighted by atomic mass is 32.2. The lowest BCUT2D eigenvalue weighted by Crippen LogP contribution is -2.47. The molecule has 2 N–H and O–H groups in total. The van der Waals surface area contributed by atoms with Gasteiger partial charge in [-0.15, -0.1) is 11.3 Å². The summed E-state index contributed by atoms with van der Waals surface area (Å²) in [4.78, 5) is 7.78. The third kappa shape index (κ3) is 2.67. The van der Waals surface area contributed by atoms with Gasteiger partial charge < -0.3 is 10.6 Å². The lowest BCUT2D eigenvalue weighted by molar-refractivity contribution is 0.568. The van der Waals surface area contributed by atoms with Crippen molar-refractivity contribution >= 4 is 26.3 Å². The molecule has 1 aromatic rings. The van der Waals surface area contributed by atoms with Crippen LogP contribution in [0.3, 0.4) is 0 Å². The zero-order chi connectivity index (χ0) is 13.3. The zero-order valence-corrected chi connectivity index (χ0v) is 12.4. The summed E-state index contributed by atoms with van der Waals surface area (Å²) < 4.78 is 23.1. The van der Waals surface area contributed by atoms with Crippen LogP contribution >= 0.6 is 11.3 Å². The molecule has 2 rings (SSSR count). The molecule has 0 saturated carbocycles. The molecule has 5 nitrogen and oxygen atoms in total. The first kappa shape index (κ1) is 13.8. The summed E-state index contributed by atoms with van der Waals surface area (Å²) in [6.07, 6.45) is 0.865. The average molecular weight is 289 g/mol. The minimum absolute atomic E-state index is 0.00905. The molecule has 0 amide bonds. The standard InChI is InChI=1S/C11H19N3O2S2/c1-3-9-10(6-12)17-11(13-9)14-4-5-18(15,16)7-8(14)2/h8H,3-7,12H2,1-2H3. The zero-order valence-electron chi connectivity index (χ0n) is 10.7. The van der Waals surface area contributed by atoms with Gasteiger partial charge in [-0.3, -0.25) is 0 Å². The first-order valence-electron chi connectivity index (χ1n) is 6.12. The van der Waals surface area contributed by atoms with Gasteiger partial charge in [0.2, 0.25) is 0 Å². The summed E-state index contributed by atoms with van der Waals surface area (Å²) in [7, 11) is -2.88. The quantitative estimate of drug-likeness (QED) is 0.890. The molecule has 0 bridgehead atoms. The molecule has 7 heteroatoms. The maximum absolute atomic E-state index is 11.6. The van der Waals surface area contributed by atoms with Crippen molar-refractivity contribution in [2.24, 2.45) is 5.73 Å². The number of nitrogens with two attached hydrogens (primary N) is 1. The van der Waals surface area contributed by atoms with Crippen molar-refractivity contribution in [2.75, 3.05) is 23.0 Å². The van der Waals surface area contributed by atoms with E-state index in [0.717, 1.165) is 22.1 Å². The minimum Gasteiger partial charge on any atom is -0.343 e. The van der Waals surface area contributed by atoms with Gasteiger partial charge in [-0.05, 0) is 13.3 Å². The number of aromatic nitrogens is 1. The lowest BCUT2D eigenvalue weighted by Gasteiger charge is -2.32. The van der Waals surface area contributed by atoms with Crippen molar-refractivity contribution in [1.29, 1.82) is 0 Å². The fourth-order valence-electron chi connectivity index (χ4n) is 2.21. The molecule has 2 heterocycles. The van der Waals surface area contributed by atoms with Gasteiger partial charge in [0.25, 0.3) is 0 Å². The number of aryl methyl sites for hydroxylation is 1. The van der Waals surface area contributed by atoms with E-state index < -0.39 is 9.84 Å². The number of sulfone groups is 1. The Morgan fingerprint density at radius 2 is 2.28 bits per heavy atom. The van der Waals surface area contributed by atoms with Crippen molar-refractivity contribution in [1.82, 2.24) is 4.98 Å². The average Bonchev–Trinajstić information content (AvgIpc) is 2.70. The van der Waals surface area contributed by atoms with Gasteiger partial charge in [-0.1, -0.05) is 6.92 Å². The van der Waals surface area contributed by atoms with E-state index in [1.54, 1.807) is 11.3 Å². The van der Waals surface area contributed by atoms with E-state index in [2.05, 4.69) is 16.8 Å². The molecule has 18 heavy (non-hydrogen) atoms. The highest BCUT2D eigenvalue weighted by Gasteiger charge is 2.30. The molecule has 0 aromatic carbocycles. The Kier molecular flexibility index (Phi) is 3.93. The Morgan fingerprint density at radius 3 is 2.78 bits per heavy atom. The molecule has 0 radical (unpaired) electrons. The fraction of sp³-hybridized carbons (Fsp3) is 0.727. The molecule has 1 saturated heterocycles.